The predicted octanol–water partition coefficient (Wildman–Crippen LogP) is 4.05. The van der Waals surface area contributed by atoms with Crippen molar-refractivity contribution in [1.29, 1.82) is 0 Å². The maximum Gasteiger partial charge on any atom is 0.308 e. The molecule has 0 radical (unpaired) electrons. The van der Waals surface area contributed by atoms with Crippen LogP contribution in [0.4, 0.5) is 0 Å². The van der Waals surface area contributed by atoms with Gasteiger partial charge in [0.2, 0.25) is 5.91 Å². The number of carbonyl (C=O) groups excluding carboxylic acids is 2. The number of thioether (sulfide) groups is 1. The van der Waals surface area contributed by atoms with Gasteiger partial charge in [-0.3, -0.25) is 14.2 Å². The lowest BCUT2D eigenvalue weighted by molar-refractivity contribution is -0.148. The molecule has 2 aromatic carbocycles. The van der Waals surface area contributed by atoms with Crippen LogP contribution >= 0.6 is 11.8 Å². The van der Waals surface area contributed by atoms with Crippen LogP contribution in [0.3, 0.4) is 0 Å². The summed E-state index contributed by atoms with van der Waals surface area (Å²) in [5.74, 6) is 0.743. The molecule has 0 N–H and O–H groups in total. The van der Waals surface area contributed by atoms with E-state index in [0.29, 0.717) is 31.1 Å². The number of benzene rings is 2. The van der Waals surface area contributed by atoms with Crippen LogP contribution in [0.5, 0.6) is 0 Å². The van der Waals surface area contributed by atoms with Gasteiger partial charge in [-0.25, -0.2) is 0 Å². The van der Waals surface area contributed by atoms with Crippen LogP contribution in [0.1, 0.15) is 24.0 Å². The highest BCUT2D eigenvalue weighted by molar-refractivity contribution is 7.99. The first-order chi connectivity index (χ1) is 16.0. The summed E-state index contributed by atoms with van der Waals surface area (Å²) in [5.41, 5.74) is 4.27. The summed E-state index contributed by atoms with van der Waals surface area (Å²) in [6.07, 6.45) is 1.28. The largest absolute Gasteiger partial charge is 0.469 e. The number of hydrogen-bond acceptors (Lipinski definition) is 6. The molecule has 1 saturated heterocycles. The van der Waals surface area contributed by atoms with E-state index in [1.807, 2.05) is 33.7 Å². The average Bonchev–Trinajstić information content (AvgIpc) is 3.27. The van der Waals surface area contributed by atoms with Gasteiger partial charge in [0.15, 0.2) is 11.0 Å². The van der Waals surface area contributed by atoms with Crippen LogP contribution in [-0.2, 0) is 14.3 Å². The SMILES string of the molecule is COC(=O)C1CCN(C(=O)CSc2nnc(-c3ccc(C)cc3)n2-c2ccc(C)cc2)CC1. The van der Waals surface area contributed by atoms with Crippen LogP contribution in [0.15, 0.2) is 53.7 Å². The summed E-state index contributed by atoms with van der Waals surface area (Å²) in [7, 11) is 1.41. The average molecular weight is 465 g/mol. The molecule has 33 heavy (non-hydrogen) atoms. The number of rotatable bonds is 6. The second-order valence-electron chi connectivity index (χ2n) is 8.31. The number of hydrogen-bond donors (Lipinski definition) is 0. The third-order valence-corrected chi connectivity index (χ3v) is 6.86. The molecule has 0 atom stereocenters. The molecule has 1 fully saturated rings. The summed E-state index contributed by atoms with van der Waals surface area (Å²) in [4.78, 5) is 26.4. The van der Waals surface area contributed by atoms with Crippen molar-refractivity contribution >= 4 is 23.6 Å². The van der Waals surface area contributed by atoms with E-state index >= 15 is 0 Å². The molecule has 1 aliphatic rings. The number of aryl methyl sites for hydroxylation is 2. The number of ether oxygens (including phenoxy) is 1. The maximum atomic E-state index is 12.9. The molecular formula is C25H28N4O3S. The molecule has 0 bridgehead atoms. The predicted molar refractivity (Wildman–Crippen MR) is 128 cm³/mol. The molecule has 1 aliphatic heterocycles. The maximum absolute atomic E-state index is 12.9. The lowest BCUT2D eigenvalue weighted by Crippen LogP contribution is -2.41. The van der Waals surface area contributed by atoms with E-state index in [1.165, 1.54) is 30.0 Å². The number of nitrogens with zero attached hydrogens (tertiary/aromatic N) is 4. The molecule has 7 nitrogen and oxygen atoms in total. The Morgan fingerprint density at radius 3 is 2.18 bits per heavy atom. The van der Waals surface area contributed by atoms with Gasteiger partial charge in [0.05, 0.1) is 18.8 Å². The Morgan fingerprint density at radius 1 is 0.970 bits per heavy atom. The fraction of sp³-hybridized carbons (Fsp3) is 0.360. The Bertz CT molecular complexity index is 1120. The lowest BCUT2D eigenvalue weighted by atomic mass is 9.97. The van der Waals surface area contributed by atoms with Crippen LogP contribution in [0, 0.1) is 19.8 Å². The van der Waals surface area contributed by atoms with Crippen LogP contribution < -0.4 is 0 Å². The van der Waals surface area contributed by atoms with Gasteiger partial charge in [-0.05, 0) is 38.8 Å². The number of piperidine rings is 1. The Balaban J connectivity index is 1.52. The minimum absolute atomic E-state index is 0.0404. The van der Waals surface area contributed by atoms with Crippen molar-refractivity contribution in [2.24, 2.45) is 5.92 Å². The second-order valence-corrected chi connectivity index (χ2v) is 9.25. The molecule has 0 aliphatic carbocycles. The second kappa shape index (κ2) is 10.2. The number of amides is 1. The molecule has 2 heterocycles. The van der Waals surface area contributed by atoms with Crippen molar-refractivity contribution in [3.63, 3.8) is 0 Å². The highest BCUT2D eigenvalue weighted by Gasteiger charge is 2.28. The first kappa shape index (κ1) is 23.0. The number of likely N-dealkylation sites (tertiary alicyclic amines) is 1. The number of aromatic nitrogens is 3. The molecule has 0 saturated carbocycles. The van der Waals surface area contributed by atoms with Gasteiger partial charge in [-0.2, -0.15) is 0 Å². The summed E-state index contributed by atoms with van der Waals surface area (Å²) in [6.45, 7) is 5.24. The standard InChI is InChI=1S/C25H28N4O3S/c1-17-4-8-19(9-5-17)23-26-27-25(29(23)21-10-6-18(2)7-11-21)33-16-22(30)28-14-12-20(13-15-28)24(31)32-3/h4-11,20H,12-16H2,1-3H3. The van der Waals surface area contributed by atoms with E-state index in [4.69, 9.17) is 4.74 Å². The number of esters is 1. The Kier molecular flexibility index (Phi) is 7.13. The summed E-state index contributed by atoms with van der Waals surface area (Å²) in [5, 5.41) is 9.55. The number of methoxy groups -OCH3 is 1. The smallest absolute Gasteiger partial charge is 0.308 e. The molecule has 8 heteroatoms. The third kappa shape index (κ3) is 5.27. The van der Waals surface area contributed by atoms with E-state index in [9.17, 15) is 9.59 Å². The van der Waals surface area contributed by atoms with Crippen LogP contribution in [0.2, 0.25) is 0 Å². The van der Waals surface area contributed by atoms with Gasteiger partial charge in [0, 0.05) is 24.3 Å². The topological polar surface area (TPSA) is 77.3 Å². The van der Waals surface area contributed by atoms with Gasteiger partial charge in [0.1, 0.15) is 0 Å². The third-order valence-electron chi connectivity index (χ3n) is 5.94. The quantitative estimate of drug-likeness (QED) is 0.405. The fourth-order valence-electron chi connectivity index (χ4n) is 3.93. The highest BCUT2D eigenvalue weighted by Crippen LogP contribution is 2.29. The van der Waals surface area contributed by atoms with Gasteiger partial charge < -0.3 is 9.64 Å². The van der Waals surface area contributed by atoms with Gasteiger partial charge in [0.25, 0.3) is 0 Å². The Hall–Kier alpha value is -3.13. The van der Waals surface area contributed by atoms with E-state index in [0.717, 1.165) is 17.1 Å². The lowest BCUT2D eigenvalue weighted by Gasteiger charge is -2.30. The van der Waals surface area contributed by atoms with Gasteiger partial charge in [-0.1, -0.05) is 59.3 Å². The van der Waals surface area contributed by atoms with Crippen molar-refractivity contribution in [2.75, 3.05) is 26.0 Å². The van der Waals surface area contributed by atoms with Crippen LogP contribution in [0.25, 0.3) is 17.1 Å². The van der Waals surface area contributed by atoms with Gasteiger partial charge >= 0.3 is 5.97 Å². The minimum Gasteiger partial charge on any atom is -0.469 e. The molecular weight excluding hydrogens is 436 g/mol. The van der Waals surface area contributed by atoms with E-state index in [2.05, 4.69) is 48.3 Å². The van der Waals surface area contributed by atoms with Crippen molar-refractivity contribution in [2.45, 2.75) is 31.8 Å². The van der Waals surface area contributed by atoms with Crippen LogP contribution in [-0.4, -0.2) is 57.5 Å². The molecule has 1 amide bonds. The zero-order valence-corrected chi connectivity index (χ0v) is 20.0. The zero-order valence-electron chi connectivity index (χ0n) is 19.2. The normalized spacial score (nSPS) is 14.3. The molecule has 1 aromatic heterocycles. The van der Waals surface area contributed by atoms with Crippen molar-refractivity contribution in [1.82, 2.24) is 19.7 Å². The Labute approximate surface area is 198 Å². The molecule has 172 valence electrons. The summed E-state index contributed by atoms with van der Waals surface area (Å²) < 4.78 is 6.84. The Morgan fingerprint density at radius 2 is 1.58 bits per heavy atom. The zero-order chi connectivity index (χ0) is 23.4. The molecule has 3 aromatic rings. The van der Waals surface area contributed by atoms with E-state index in [-0.39, 0.29) is 23.5 Å². The van der Waals surface area contributed by atoms with Gasteiger partial charge in [-0.15, -0.1) is 10.2 Å². The number of carbonyl (C=O) groups is 2. The monoisotopic (exact) mass is 464 g/mol. The molecule has 0 spiro atoms. The fourth-order valence-corrected chi connectivity index (χ4v) is 4.78. The summed E-state index contributed by atoms with van der Waals surface area (Å²) >= 11 is 1.38. The van der Waals surface area contributed by atoms with Crippen molar-refractivity contribution < 1.29 is 14.3 Å². The molecule has 4 rings (SSSR count). The summed E-state index contributed by atoms with van der Waals surface area (Å²) in [6, 6.07) is 16.4. The van der Waals surface area contributed by atoms with Crippen molar-refractivity contribution in [3.05, 3.63) is 59.7 Å². The van der Waals surface area contributed by atoms with E-state index in [1.54, 1.807) is 0 Å². The van der Waals surface area contributed by atoms with E-state index < -0.39 is 0 Å². The molecule has 0 unspecified atom stereocenters. The first-order valence-corrected chi connectivity index (χ1v) is 12.0. The highest BCUT2D eigenvalue weighted by atomic mass is 32.2. The van der Waals surface area contributed by atoms with Crippen molar-refractivity contribution in [3.8, 4) is 17.1 Å². The minimum atomic E-state index is -0.189. The first-order valence-electron chi connectivity index (χ1n) is 11.0.